The second-order valence-corrected chi connectivity index (χ2v) is 6.19. The first-order valence-electron chi connectivity index (χ1n) is 8.09. The predicted molar refractivity (Wildman–Crippen MR) is 95.0 cm³/mol. The maximum Gasteiger partial charge on any atom is 0.161 e. The van der Waals surface area contributed by atoms with E-state index in [2.05, 4.69) is 11.0 Å². The summed E-state index contributed by atoms with van der Waals surface area (Å²) in [6.07, 6.45) is 0.0335. The summed E-state index contributed by atoms with van der Waals surface area (Å²) in [7, 11) is 1.64. The average molecular weight is 348 g/mol. The summed E-state index contributed by atoms with van der Waals surface area (Å²) in [4.78, 5) is 2.35. The van der Waals surface area contributed by atoms with Crippen LogP contribution >= 0.6 is 11.6 Å². The lowest BCUT2D eigenvalue weighted by molar-refractivity contribution is -0.0506. The van der Waals surface area contributed by atoms with Gasteiger partial charge in [-0.15, -0.1) is 0 Å². The van der Waals surface area contributed by atoms with E-state index in [0.717, 1.165) is 41.7 Å². The second kappa shape index (κ2) is 8.38. The molecule has 0 aliphatic carbocycles. The maximum absolute atomic E-state index is 6.26. The normalized spacial score (nSPS) is 18.3. The molecule has 0 N–H and O–H groups in total. The van der Waals surface area contributed by atoms with E-state index in [4.69, 9.17) is 25.8 Å². The van der Waals surface area contributed by atoms with Crippen molar-refractivity contribution < 1.29 is 14.2 Å². The summed E-state index contributed by atoms with van der Waals surface area (Å²) in [6.45, 7) is 3.74. The minimum absolute atomic E-state index is 0.0335. The Morgan fingerprint density at radius 1 is 1.12 bits per heavy atom. The van der Waals surface area contributed by atoms with Gasteiger partial charge in [0.2, 0.25) is 0 Å². The SMILES string of the molecule is COc1ccccc1OCC1CN(Cc2ccccc2Cl)CCO1. The standard InChI is InChI=1S/C19H22ClNO3/c1-22-18-8-4-5-9-19(18)24-14-16-13-21(10-11-23-16)12-15-6-2-3-7-17(15)20/h2-9,16H,10-14H2,1H3. The lowest BCUT2D eigenvalue weighted by Gasteiger charge is -2.33. The van der Waals surface area contributed by atoms with Crippen LogP contribution in [-0.4, -0.2) is 44.4 Å². The zero-order valence-electron chi connectivity index (χ0n) is 13.8. The molecule has 24 heavy (non-hydrogen) atoms. The molecule has 2 aromatic carbocycles. The van der Waals surface area contributed by atoms with Crippen molar-refractivity contribution in [1.82, 2.24) is 4.90 Å². The van der Waals surface area contributed by atoms with Crippen LogP contribution in [0.2, 0.25) is 5.02 Å². The molecule has 1 unspecified atom stereocenters. The molecule has 0 amide bonds. The first kappa shape index (κ1) is 17.1. The Kier molecular flexibility index (Phi) is 5.96. The first-order chi connectivity index (χ1) is 11.8. The van der Waals surface area contributed by atoms with Crippen molar-refractivity contribution in [1.29, 1.82) is 0 Å². The number of nitrogens with zero attached hydrogens (tertiary/aromatic N) is 1. The van der Waals surface area contributed by atoms with Crippen LogP contribution in [0.4, 0.5) is 0 Å². The van der Waals surface area contributed by atoms with E-state index in [9.17, 15) is 0 Å². The van der Waals surface area contributed by atoms with E-state index in [1.807, 2.05) is 42.5 Å². The van der Waals surface area contributed by atoms with Gasteiger partial charge in [-0.2, -0.15) is 0 Å². The summed E-state index contributed by atoms with van der Waals surface area (Å²) < 4.78 is 17.0. The van der Waals surface area contributed by atoms with Crippen LogP contribution in [0, 0.1) is 0 Å². The Labute approximate surface area is 147 Å². The third-order valence-corrected chi connectivity index (χ3v) is 4.44. The first-order valence-corrected chi connectivity index (χ1v) is 8.47. The molecule has 1 fully saturated rings. The van der Waals surface area contributed by atoms with Gasteiger partial charge in [-0.1, -0.05) is 41.9 Å². The molecule has 128 valence electrons. The van der Waals surface area contributed by atoms with E-state index < -0.39 is 0 Å². The molecular formula is C19H22ClNO3. The third kappa shape index (κ3) is 4.41. The predicted octanol–water partition coefficient (Wildman–Crippen LogP) is 3.63. The Bertz CT molecular complexity index is 665. The van der Waals surface area contributed by atoms with E-state index in [0.29, 0.717) is 13.2 Å². The number of benzene rings is 2. The van der Waals surface area contributed by atoms with Crippen molar-refractivity contribution in [3.63, 3.8) is 0 Å². The lowest BCUT2D eigenvalue weighted by Crippen LogP contribution is -2.44. The van der Waals surface area contributed by atoms with Crippen LogP contribution in [0.5, 0.6) is 11.5 Å². The number of morpholine rings is 1. The molecule has 1 heterocycles. The number of halogens is 1. The summed E-state index contributed by atoms with van der Waals surface area (Å²) in [5, 5.41) is 0.811. The van der Waals surface area contributed by atoms with Crippen LogP contribution in [0.3, 0.4) is 0 Å². The number of methoxy groups -OCH3 is 1. The molecule has 3 rings (SSSR count). The zero-order chi connectivity index (χ0) is 16.8. The zero-order valence-corrected chi connectivity index (χ0v) is 14.5. The monoisotopic (exact) mass is 347 g/mol. The molecule has 1 aliphatic heterocycles. The Morgan fingerprint density at radius 3 is 2.67 bits per heavy atom. The van der Waals surface area contributed by atoms with Crippen molar-refractivity contribution in [2.75, 3.05) is 33.4 Å². The van der Waals surface area contributed by atoms with Crippen LogP contribution in [0.25, 0.3) is 0 Å². The molecule has 0 radical (unpaired) electrons. The fourth-order valence-electron chi connectivity index (χ4n) is 2.81. The van der Waals surface area contributed by atoms with Crippen LogP contribution in [0.1, 0.15) is 5.56 Å². The van der Waals surface area contributed by atoms with Gasteiger partial charge in [0.05, 0.1) is 13.7 Å². The molecule has 1 saturated heterocycles. The van der Waals surface area contributed by atoms with Crippen molar-refractivity contribution in [2.45, 2.75) is 12.6 Å². The number of rotatable bonds is 6. The largest absolute Gasteiger partial charge is 0.493 e. The average Bonchev–Trinajstić information content (AvgIpc) is 2.62. The summed E-state index contributed by atoms with van der Waals surface area (Å²) in [5.74, 6) is 1.48. The smallest absolute Gasteiger partial charge is 0.161 e. The van der Waals surface area contributed by atoms with E-state index in [1.165, 1.54) is 0 Å². The Hall–Kier alpha value is -1.75. The minimum Gasteiger partial charge on any atom is -0.493 e. The van der Waals surface area contributed by atoms with Crippen molar-refractivity contribution in [3.8, 4) is 11.5 Å². The van der Waals surface area contributed by atoms with Gasteiger partial charge in [0.25, 0.3) is 0 Å². The summed E-state index contributed by atoms with van der Waals surface area (Å²) >= 11 is 6.26. The van der Waals surface area contributed by atoms with Gasteiger partial charge >= 0.3 is 0 Å². The Balaban J connectivity index is 1.55. The minimum atomic E-state index is 0.0335. The quantitative estimate of drug-likeness (QED) is 0.798. The molecule has 0 bridgehead atoms. The van der Waals surface area contributed by atoms with Gasteiger partial charge < -0.3 is 14.2 Å². The molecule has 1 aliphatic rings. The number of hydrogen-bond acceptors (Lipinski definition) is 4. The molecule has 0 aromatic heterocycles. The highest BCUT2D eigenvalue weighted by molar-refractivity contribution is 6.31. The van der Waals surface area contributed by atoms with Crippen LogP contribution in [0.15, 0.2) is 48.5 Å². The highest BCUT2D eigenvalue weighted by Crippen LogP contribution is 2.26. The number of para-hydroxylation sites is 2. The molecule has 4 nitrogen and oxygen atoms in total. The molecular weight excluding hydrogens is 326 g/mol. The fourth-order valence-corrected chi connectivity index (χ4v) is 3.01. The molecule has 2 aromatic rings. The lowest BCUT2D eigenvalue weighted by atomic mass is 10.2. The van der Waals surface area contributed by atoms with Gasteiger partial charge in [-0.25, -0.2) is 0 Å². The number of hydrogen-bond donors (Lipinski definition) is 0. The fraction of sp³-hybridized carbons (Fsp3) is 0.368. The molecule has 1 atom stereocenters. The highest BCUT2D eigenvalue weighted by atomic mass is 35.5. The van der Waals surface area contributed by atoms with Crippen molar-refractivity contribution >= 4 is 11.6 Å². The van der Waals surface area contributed by atoms with Crippen molar-refractivity contribution in [3.05, 3.63) is 59.1 Å². The highest BCUT2D eigenvalue weighted by Gasteiger charge is 2.22. The van der Waals surface area contributed by atoms with E-state index in [1.54, 1.807) is 7.11 Å². The van der Waals surface area contributed by atoms with Gasteiger partial charge in [-0.05, 0) is 23.8 Å². The van der Waals surface area contributed by atoms with E-state index in [-0.39, 0.29) is 6.10 Å². The van der Waals surface area contributed by atoms with Gasteiger partial charge in [-0.3, -0.25) is 4.90 Å². The summed E-state index contributed by atoms with van der Waals surface area (Å²) in [6, 6.07) is 15.6. The van der Waals surface area contributed by atoms with Crippen LogP contribution < -0.4 is 9.47 Å². The second-order valence-electron chi connectivity index (χ2n) is 5.78. The Morgan fingerprint density at radius 2 is 1.88 bits per heavy atom. The van der Waals surface area contributed by atoms with Crippen LogP contribution in [-0.2, 0) is 11.3 Å². The van der Waals surface area contributed by atoms with Gasteiger partial charge in [0.15, 0.2) is 11.5 Å². The number of ether oxygens (including phenoxy) is 3. The molecule has 0 saturated carbocycles. The van der Waals surface area contributed by atoms with Crippen molar-refractivity contribution in [2.24, 2.45) is 0 Å². The molecule has 0 spiro atoms. The van der Waals surface area contributed by atoms with Gasteiger partial charge in [0, 0.05) is 24.7 Å². The maximum atomic E-state index is 6.26. The summed E-state index contributed by atoms with van der Waals surface area (Å²) in [5.41, 5.74) is 1.14. The topological polar surface area (TPSA) is 30.9 Å². The third-order valence-electron chi connectivity index (χ3n) is 4.07. The molecule has 5 heteroatoms. The van der Waals surface area contributed by atoms with Gasteiger partial charge in [0.1, 0.15) is 12.7 Å². The van der Waals surface area contributed by atoms with E-state index >= 15 is 0 Å².